The van der Waals surface area contributed by atoms with E-state index in [1.807, 2.05) is 25.1 Å². The zero-order valence-corrected chi connectivity index (χ0v) is 16.3. The second-order valence-electron chi connectivity index (χ2n) is 6.57. The van der Waals surface area contributed by atoms with Crippen LogP contribution in [0, 0.1) is 12.8 Å². The van der Waals surface area contributed by atoms with E-state index in [4.69, 9.17) is 5.73 Å². The summed E-state index contributed by atoms with van der Waals surface area (Å²) in [4.78, 5) is 25.4. The smallest absolute Gasteiger partial charge is 0.319 e. The van der Waals surface area contributed by atoms with E-state index in [1.54, 1.807) is 0 Å². The number of carbonyl (C=O) groups is 2. The van der Waals surface area contributed by atoms with Crippen molar-refractivity contribution in [1.29, 1.82) is 0 Å². The van der Waals surface area contributed by atoms with Crippen LogP contribution in [0.2, 0.25) is 0 Å². The number of amides is 3. The van der Waals surface area contributed by atoms with Crippen LogP contribution < -0.4 is 16.4 Å². The largest absolute Gasteiger partial charge is 0.369 e. The molecule has 1 aromatic carbocycles. The summed E-state index contributed by atoms with van der Waals surface area (Å²) in [5.74, 6) is -0.126. The predicted molar refractivity (Wildman–Crippen MR) is 103 cm³/mol. The average Bonchev–Trinajstić information content (AvgIpc) is 2.58. The molecule has 0 saturated carbocycles. The van der Waals surface area contributed by atoms with Crippen LogP contribution in [0.15, 0.2) is 22.7 Å². The van der Waals surface area contributed by atoms with Crippen LogP contribution in [-0.4, -0.2) is 43.0 Å². The summed E-state index contributed by atoms with van der Waals surface area (Å²) in [6.45, 7) is 5.52. The van der Waals surface area contributed by atoms with Crippen molar-refractivity contribution >= 4 is 33.6 Å². The van der Waals surface area contributed by atoms with Gasteiger partial charge >= 0.3 is 6.03 Å². The Balaban J connectivity index is 1.56. The first-order valence-corrected chi connectivity index (χ1v) is 9.57. The van der Waals surface area contributed by atoms with E-state index < -0.39 is 0 Å². The number of hydrogen-bond donors (Lipinski definition) is 3. The standard InChI is InChI=1S/C18H27BrN4O2/c1-13-4-5-15(12-16(13)19)22-18(25)21-8-2-3-9-23-10-6-14(7-11-23)17(20)24/h4-5,12,14H,2-3,6-11H2,1H3,(H2,20,24)(H2,21,22,25). The number of primary amides is 1. The van der Waals surface area contributed by atoms with E-state index in [-0.39, 0.29) is 17.9 Å². The first-order chi connectivity index (χ1) is 12.0. The lowest BCUT2D eigenvalue weighted by Gasteiger charge is -2.30. The third-order valence-corrected chi connectivity index (χ3v) is 5.46. The molecule has 0 aromatic heterocycles. The lowest BCUT2D eigenvalue weighted by atomic mass is 9.96. The molecule has 2 rings (SSSR count). The molecule has 1 heterocycles. The summed E-state index contributed by atoms with van der Waals surface area (Å²) in [6, 6.07) is 5.55. The van der Waals surface area contributed by atoms with Gasteiger partial charge in [-0.1, -0.05) is 22.0 Å². The predicted octanol–water partition coefficient (Wildman–Crippen LogP) is 2.86. The Kier molecular flexibility index (Phi) is 7.71. The van der Waals surface area contributed by atoms with Crippen molar-refractivity contribution in [2.45, 2.75) is 32.6 Å². The molecular weight excluding hydrogens is 384 g/mol. The van der Waals surface area contributed by atoms with Crippen LogP contribution in [0.3, 0.4) is 0 Å². The monoisotopic (exact) mass is 410 g/mol. The molecule has 1 aliphatic rings. The Bertz CT molecular complexity index is 601. The summed E-state index contributed by atoms with van der Waals surface area (Å²) in [5, 5.41) is 5.71. The number of anilines is 1. The van der Waals surface area contributed by atoms with Crippen molar-refractivity contribution in [3.63, 3.8) is 0 Å². The zero-order valence-electron chi connectivity index (χ0n) is 14.7. The highest BCUT2D eigenvalue weighted by Gasteiger charge is 2.22. The van der Waals surface area contributed by atoms with Gasteiger partial charge in [-0.15, -0.1) is 0 Å². The van der Waals surface area contributed by atoms with E-state index in [9.17, 15) is 9.59 Å². The number of rotatable bonds is 7. The number of hydrogen-bond acceptors (Lipinski definition) is 3. The number of nitrogens with zero attached hydrogens (tertiary/aromatic N) is 1. The highest BCUT2D eigenvalue weighted by atomic mass is 79.9. The fourth-order valence-corrected chi connectivity index (χ4v) is 3.33. The topological polar surface area (TPSA) is 87.5 Å². The Morgan fingerprint density at radius 2 is 2.00 bits per heavy atom. The fraction of sp³-hybridized carbons (Fsp3) is 0.556. The molecule has 4 N–H and O–H groups in total. The summed E-state index contributed by atoms with van der Waals surface area (Å²) in [7, 11) is 0. The summed E-state index contributed by atoms with van der Waals surface area (Å²) >= 11 is 3.46. The molecular formula is C18H27BrN4O2. The van der Waals surface area contributed by atoms with Gasteiger partial charge in [-0.25, -0.2) is 4.79 Å². The molecule has 0 aliphatic carbocycles. The van der Waals surface area contributed by atoms with Gasteiger partial charge in [-0.3, -0.25) is 4.79 Å². The summed E-state index contributed by atoms with van der Waals surface area (Å²) in [5.41, 5.74) is 7.25. The molecule has 25 heavy (non-hydrogen) atoms. The van der Waals surface area contributed by atoms with Crippen LogP contribution in [0.5, 0.6) is 0 Å². The molecule has 0 bridgehead atoms. The Morgan fingerprint density at radius 3 is 2.64 bits per heavy atom. The maximum Gasteiger partial charge on any atom is 0.319 e. The van der Waals surface area contributed by atoms with Crippen LogP contribution in [0.25, 0.3) is 0 Å². The Labute approximate surface area is 157 Å². The highest BCUT2D eigenvalue weighted by molar-refractivity contribution is 9.10. The van der Waals surface area contributed by atoms with Gasteiger partial charge < -0.3 is 21.3 Å². The zero-order chi connectivity index (χ0) is 18.2. The molecule has 6 nitrogen and oxygen atoms in total. The van der Waals surface area contributed by atoms with Crippen molar-refractivity contribution in [3.05, 3.63) is 28.2 Å². The minimum absolute atomic E-state index is 0.0448. The molecule has 0 unspecified atom stereocenters. The van der Waals surface area contributed by atoms with Gasteiger partial charge in [0.2, 0.25) is 5.91 Å². The normalized spacial score (nSPS) is 15.8. The van der Waals surface area contributed by atoms with Crippen molar-refractivity contribution in [2.24, 2.45) is 11.7 Å². The minimum Gasteiger partial charge on any atom is -0.369 e. The lowest BCUT2D eigenvalue weighted by molar-refractivity contribution is -0.123. The lowest BCUT2D eigenvalue weighted by Crippen LogP contribution is -2.39. The van der Waals surface area contributed by atoms with E-state index in [0.717, 1.165) is 61.0 Å². The van der Waals surface area contributed by atoms with Gasteiger partial charge in [-0.05, 0) is 69.9 Å². The number of urea groups is 1. The number of carbonyl (C=O) groups excluding carboxylic acids is 2. The van der Waals surface area contributed by atoms with Gasteiger partial charge in [0.1, 0.15) is 0 Å². The number of piperidine rings is 1. The van der Waals surface area contributed by atoms with Crippen LogP contribution >= 0.6 is 15.9 Å². The molecule has 7 heteroatoms. The number of likely N-dealkylation sites (tertiary alicyclic amines) is 1. The van der Waals surface area contributed by atoms with Crippen molar-refractivity contribution < 1.29 is 9.59 Å². The molecule has 3 amide bonds. The first-order valence-electron chi connectivity index (χ1n) is 8.78. The third-order valence-electron chi connectivity index (χ3n) is 4.61. The van der Waals surface area contributed by atoms with Crippen molar-refractivity contribution in [3.8, 4) is 0 Å². The highest BCUT2D eigenvalue weighted by Crippen LogP contribution is 2.20. The number of aryl methyl sites for hydroxylation is 1. The second kappa shape index (κ2) is 9.77. The second-order valence-corrected chi connectivity index (χ2v) is 7.42. The summed E-state index contributed by atoms with van der Waals surface area (Å²) < 4.78 is 0.977. The van der Waals surface area contributed by atoms with Crippen LogP contribution in [-0.2, 0) is 4.79 Å². The van der Waals surface area contributed by atoms with E-state index in [1.165, 1.54) is 0 Å². The number of nitrogens with one attached hydrogen (secondary N) is 2. The van der Waals surface area contributed by atoms with E-state index in [0.29, 0.717) is 6.54 Å². The quantitative estimate of drug-likeness (QED) is 0.603. The fourth-order valence-electron chi connectivity index (χ4n) is 2.95. The van der Waals surface area contributed by atoms with Crippen molar-refractivity contribution in [1.82, 2.24) is 10.2 Å². The molecule has 0 spiro atoms. The number of unbranched alkanes of at least 4 members (excludes halogenated alkanes) is 1. The maximum absolute atomic E-state index is 11.9. The van der Waals surface area contributed by atoms with Crippen LogP contribution in [0.1, 0.15) is 31.2 Å². The minimum atomic E-state index is -0.182. The van der Waals surface area contributed by atoms with E-state index >= 15 is 0 Å². The van der Waals surface area contributed by atoms with E-state index in [2.05, 4.69) is 31.5 Å². The molecule has 138 valence electrons. The van der Waals surface area contributed by atoms with Crippen molar-refractivity contribution in [2.75, 3.05) is 31.5 Å². The number of nitrogens with two attached hydrogens (primary N) is 1. The molecule has 0 radical (unpaired) electrons. The van der Waals surface area contributed by atoms with Gasteiger partial charge in [0.15, 0.2) is 0 Å². The molecule has 1 aliphatic heterocycles. The van der Waals surface area contributed by atoms with Gasteiger partial charge in [-0.2, -0.15) is 0 Å². The maximum atomic E-state index is 11.9. The SMILES string of the molecule is Cc1ccc(NC(=O)NCCCCN2CCC(C(N)=O)CC2)cc1Br. The number of halogens is 1. The summed E-state index contributed by atoms with van der Waals surface area (Å²) in [6.07, 6.45) is 3.68. The molecule has 1 fully saturated rings. The average molecular weight is 411 g/mol. The molecule has 1 aromatic rings. The first kappa shape index (κ1) is 19.7. The Morgan fingerprint density at radius 1 is 1.28 bits per heavy atom. The molecule has 0 atom stereocenters. The Hall–Kier alpha value is -1.60. The number of benzene rings is 1. The van der Waals surface area contributed by atoms with Gasteiger partial charge in [0, 0.05) is 22.6 Å². The van der Waals surface area contributed by atoms with Gasteiger partial charge in [0.25, 0.3) is 0 Å². The molecule has 1 saturated heterocycles. The van der Waals surface area contributed by atoms with Crippen LogP contribution in [0.4, 0.5) is 10.5 Å². The van der Waals surface area contributed by atoms with Gasteiger partial charge in [0.05, 0.1) is 0 Å². The third kappa shape index (κ3) is 6.66.